The molecule has 0 unspecified atom stereocenters. The Morgan fingerprint density at radius 3 is 1.48 bits per heavy atom. The molecule has 0 aliphatic heterocycles. The van der Waals surface area contributed by atoms with Crippen LogP contribution in [0.1, 0.15) is 33.9 Å². The van der Waals surface area contributed by atoms with E-state index in [1.54, 1.807) is 26.6 Å². The van der Waals surface area contributed by atoms with Gasteiger partial charge in [-0.15, -0.1) is 0 Å². The van der Waals surface area contributed by atoms with Gasteiger partial charge < -0.3 is 9.47 Å². The average Bonchev–Trinajstić information content (AvgIpc) is 3.63. The highest BCUT2D eigenvalue weighted by Crippen LogP contribution is 2.36. The van der Waals surface area contributed by atoms with Crippen molar-refractivity contribution >= 4 is 56.3 Å². The molecule has 0 bridgehead atoms. The number of fused-ring (bicyclic) bond motifs is 6. The molecule has 252 valence electrons. The second-order valence-electron chi connectivity index (χ2n) is 12.1. The number of pyridine rings is 2. The Labute approximate surface area is 298 Å². The van der Waals surface area contributed by atoms with Gasteiger partial charge >= 0.3 is 0 Å². The molecular weight excluding hydrogens is 671 g/mol. The van der Waals surface area contributed by atoms with E-state index in [2.05, 4.69) is 25.7 Å². The minimum Gasteiger partial charge on any atom is -0.495 e. The van der Waals surface area contributed by atoms with Crippen LogP contribution >= 0.6 is 23.2 Å². The molecule has 0 saturated carbocycles. The second kappa shape index (κ2) is 12.9. The van der Waals surface area contributed by atoms with E-state index in [9.17, 15) is 0 Å². The summed E-state index contributed by atoms with van der Waals surface area (Å²) in [7, 11) is 3.20. The lowest BCUT2D eigenvalue weighted by atomic mass is 10.1. The summed E-state index contributed by atoms with van der Waals surface area (Å²) in [6.45, 7) is 12.1. The number of methoxy groups -OCH3 is 2. The zero-order chi connectivity index (χ0) is 35.4. The standard InChI is InChI=1S/2C19H17ClN4O/c1-10-9-21-6-5-13(10)19-23-12(3)18-11(2)22-15-8-17(25-4)14(20)7-16(15)24(18)19;1-10-5-6-21-9-13(10)19-23-12(3)18-11(2)22-15-8-17(25-4)14(20)7-16(15)24(18)19/h2*5-9H,1-4H3. The summed E-state index contributed by atoms with van der Waals surface area (Å²) in [5, 5.41) is 1.09. The summed E-state index contributed by atoms with van der Waals surface area (Å²) in [5.74, 6) is 2.93. The third-order valence-corrected chi connectivity index (χ3v) is 9.48. The minimum atomic E-state index is 0.544. The molecule has 0 amide bonds. The van der Waals surface area contributed by atoms with E-state index in [1.165, 1.54) is 0 Å². The number of rotatable bonds is 4. The van der Waals surface area contributed by atoms with Gasteiger partial charge in [0, 0.05) is 48.0 Å². The maximum absolute atomic E-state index is 6.38. The first kappa shape index (κ1) is 33.2. The number of nitrogens with zero attached hydrogens (tertiary/aromatic N) is 8. The van der Waals surface area contributed by atoms with Gasteiger partial charge in [-0.2, -0.15) is 0 Å². The van der Waals surface area contributed by atoms with Crippen molar-refractivity contribution in [2.75, 3.05) is 14.2 Å². The summed E-state index contributed by atoms with van der Waals surface area (Å²) in [6.07, 6.45) is 7.26. The zero-order valence-corrected chi connectivity index (χ0v) is 30.4. The number of ether oxygens (including phenoxy) is 2. The first-order valence-electron chi connectivity index (χ1n) is 15.9. The molecule has 8 rings (SSSR count). The summed E-state index contributed by atoms with van der Waals surface area (Å²) < 4.78 is 14.9. The molecule has 0 spiro atoms. The Kier molecular flexibility index (Phi) is 8.53. The van der Waals surface area contributed by atoms with Gasteiger partial charge in [0.15, 0.2) is 0 Å². The van der Waals surface area contributed by atoms with Crippen LogP contribution in [0.2, 0.25) is 10.0 Å². The fraction of sp³-hybridized carbons (Fsp3) is 0.211. The third kappa shape index (κ3) is 5.45. The molecule has 2 aromatic carbocycles. The largest absolute Gasteiger partial charge is 0.495 e. The van der Waals surface area contributed by atoms with Gasteiger partial charge in [0.2, 0.25) is 0 Å². The predicted octanol–water partition coefficient (Wildman–Crippen LogP) is 9.06. The molecule has 10 nitrogen and oxygen atoms in total. The first-order chi connectivity index (χ1) is 24.0. The maximum atomic E-state index is 6.38. The highest BCUT2D eigenvalue weighted by Gasteiger charge is 2.20. The van der Waals surface area contributed by atoms with Crippen molar-refractivity contribution in [2.45, 2.75) is 41.5 Å². The SMILES string of the molecule is COc1cc2nc(C)c3c(C)nc(-c4ccncc4C)n3c2cc1Cl.COc1cc2nc(C)c3c(C)nc(-c4cnccc4C)n3c2cc1Cl. The van der Waals surface area contributed by atoms with Crippen molar-refractivity contribution in [3.63, 3.8) is 0 Å². The van der Waals surface area contributed by atoms with Gasteiger partial charge in [-0.1, -0.05) is 23.2 Å². The lowest BCUT2D eigenvalue weighted by Crippen LogP contribution is -1.99. The van der Waals surface area contributed by atoms with Crippen molar-refractivity contribution in [1.82, 2.24) is 38.7 Å². The van der Waals surface area contributed by atoms with E-state index in [0.717, 1.165) is 89.8 Å². The van der Waals surface area contributed by atoms with Crippen LogP contribution in [0.4, 0.5) is 0 Å². The molecule has 6 aromatic heterocycles. The van der Waals surface area contributed by atoms with Crippen LogP contribution in [0.5, 0.6) is 11.5 Å². The maximum Gasteiger partial charge on any atom is 0.147 e. The number of halogens is 2. The third-order valence-electron chi connectivity index (χ3n) is 8.89. The number of hydrogen-bond donors (Lipinski definition) is 0. The zero-order valence-electron chi connectivity index (χ0n) is 28.9. The Morgan fingerprint density at radius 2 is 1.00 bits per heavy atom. The highest BCUT2D eigenvalue weighted by molar-refractivity contribution is 6.33. The van der Waals surface area contributed by atoms with E-state index < -0.39 is 0 Å². The molecule has 50 heavy (non-hydrogen) atoms. The fourth-order valence-electron chi connectivity index (χ4n) is 6.54. The van der Waals surface area contributed by atoms with Gasteiger partial charge in [-0.3, -0.25) is 18.8 Å². The van der Waals surface area contributed by atoms with E-state index in [-0.39, 0.29) is 0 Å². The van der Waals surface area contributed by atoms with Crippen LogP contribution in [0.15, 0.2) is 61.2 Å². The normalized spacial score (nSPS) is 11.4. The van der Waals surface area contributed by atoms with Crippen LogP contribution in [0.25, 0.3) is 55.9 Å². The van der Waals surface area contributed by atoms with Crippen molar-refractivity contribution in [1.29, 1.82) is 0 Å². The first-order valence-corrected chi connectivity index (χ1v) is 16.7. The van der Waals surface area contributed by atoms with Crippen molar-refractivity contribution in [2.24, 2.45) is 0 Å². The van der Waals surface area contributed by atoms with Gasteiger partial charge in [-0.05, 0) is 76.9 Å². The fourth-order valence-corrected chi connectivity index (χ4v) is 7.01. The van der Waals surface area contributed by atoms with E-state index in [4.69, 9.17) is 52.6 Å². The predicted molar refractivity (Wildman–Crippen MR) is 199 cm³/mol. The van der Waals surface area contributed by atoms with Crippen molar-refractivity contribution < 1.29 is 9.47 Å². The molecule has 6 heterocycles. The Morgan fingerprint density at radius 1 is 0.540 bits per heavy atom. The summed E-state index contributed by atoms with van der Waals surface area (Å²) in [4.78, 5) is 27.6. The summed E-state index contributed by atoms with van der Waals surface area (Å²) in [5.41, 5.74) is 13.3. The van der Waals surface area contributed by atoms with Gasteiger partial charge in [0.05, 0.1) is 80.1 Å². The molecule has 0 saturated heterocycles. The molecule has 0 radical (unpaired) electrons. The number of aromatic nitrogens is 8. The molecule has 0 N–H and O–H groups in total. The van der Waals surface area contributed by atoms with E-state index in [1.807, 2.05) is 83.4 Å². The van der Waals surface area contributed by atoms with Gasteiger partial charge in [-0.25, -0.2) is 19.9 Å². The highest BCUT2D eigenvalue weighted by atomic mass is 35.5. The van der Waals surface area contributed by atoms with Crippen molar-refractivity contribution in [3.8, 4) is 34.3 Å². The van der Waals surface area contributed by atoms with E-state index >= 15 is 0 Å². The number of benzene rings is 2. The average molecular weight is 706 g/mol. The molecule has 0 aliphatic rings. The Balaban J connectivity index is 0.000000157. The Hall–Kier alpha value is -5.32. The topological polar surface area (TPSA) is 105 Å². The lowest BCUT2D eigenvalue weighted by molar-refractivity contribution is 0.415. The molecular formula is C38H34Cl2N8O2. The second-order valence-corrected chi connectivity index (χ2v) is 13.0. The number of aryl methyl sites for hydroxylation is 6. The summed E-state index contributed by atoms with van der Waals surface area (Å²) >= 11 is 12.8. The van der Waals surface area contributed by atoms with Gasteiger partial charge in [0.1, 0.15) is 23.1 Å². The quantitative estimate of drug-likeness (QED) is 0.179. The number of hydrogen-bond acceptors (Lipinski definition) is 8. The van der Waals surface area contributed by atoms with Crippen molar-refractivity contribution in [3.05, 3.63) is 105 Å². The Bertz CT molecular complexity index is 2450. The van der Waals surface area contributed by atoms with Crippen LogP contribution in [0, 0.1) is 41.5 Å². The van der Waals surface area contributed by atoms with Crippen LogP contribution in [-0.2, 0) is 0 Å². The smallest absolute Gasteiger partial charge is 0.147 e. The number of imidazole rings is 2. The van der Waals surface area contributed by atoms with Gasteiger partial charge in [0.25, 0.3) is 0 Å². The van der Waals surface area contributed by atoms with Crippen LogP contribution in [0.3, 0.4) is 0 Å². The molecule has 0 fully saturated rings. The van der Waals surface area contributed by atoms with E-state index in [0.29, 0.717) is 21.5 Å². The summed E-state index contributed by atoms with van der Waals surface area (Å²) in [6, 6.07) is 11.5. The molecule has 8 aromatic rings. The minimum absolute atomic E-state index is 0.544. The lowest BCUT2D eigenvalue weighted by Gasteiger charge is -2.11. The monoisotopic (exact) mass is 704 g/mol. The van der Waals surface area contributed by atoms with Crippen LogP contribution in [-0.4, -0.2) is 52.9 Å². The van der Waals surface area contributed by atoms with Crippen LogP contribution < -0.4 is 9.47 Å². The molecule has 12 heteroatoms. The molecule has 0 atom stereocenters. The molecule has 0 aliphatic carbocycles.